The van der Waals surface area contributed by atoms with Crippen molar-refractivity contribution in [2.24, 2.45) is 0 Å². The van der Waals surface area contributed by atoms with E-state index in [0.29, 0.717) is 11.3 Å². The summed E-state index contributed by atoms with van der Waals surface area (Å²) in [4.78, 5) is 14.3. The summed E-state index contributed by atoms with van der Waals surface area (Å²) in [6, 6.07) is 5.18. The molecule has 1 heterocycles. The first-order valence-corrected chi connectivity index (χ1v) is 5.08. The normalized spacial score (nSPS) is 12.4. The number of hydrogen-bond acceptors (Lipinski definition) is 4. The van der Waals surface area contributed by atoms with Gasteiger partial charge >= 0.3 is 5.97 Å². The van der Waals surface area contributed by atoms with E-state index in [9.17, 15) is 9.90 Å². The second-order valence-electron chi connectivity index (χ2n) is 3.59. The smallest absolute Gasteiger partial charge is 0.339 e. The fraction of sp³-hybridized carbons (Fsp3) is 0.250. The lowest BCUT2D eigenvalue weighted by molar-refractivity contribution is -0.150. The standard InChI is InChI=1S/C12H13NO4/c1-16-10-6-7(11(14)12(15)17-2)5-9-8(10)3-4-13-9/h3-6,11,13-14H,1-2H3. The van der Waals surface area contributed by atoms with Gasteiger partial charge in [-0.25, -0.2) is 4.79 Å². The Hall–Kier alpha value is -2.01. The fourth-order valence-electron chi connectivity index (χ4n) is 1.73. The van der Waals surface area contributed by atoms with Gasteiger partial charge in [-0.1, -0.05) is 0 Å². The zero-order valence-corrected chi connectivity index (χ0v) is 9.56. The number of esters is 1. The molecule has 0 aliphatic heterocycles. The molecule has 1 atom stereocenters. The predicted molar refractivity (Wildman–Crippen MR) is 61.8 cm³/mol. The molecule has 0 aliphatic rings. The van der Waals surface area contributed by atoms with E-state index in [0.717, 1.165) is 10.9 Å². The molecule has 2 rings (SSSR count). The van der Waals surface area contributed by atoms with Crippen LogP contribution >= 0.6 is 0 Å². The first kappa shape index (κ1) is 11.5. The van der Waals surface area contributed by atoms with Crippen LogP contribution in [0.4, 0.5) is 0 Å². The molecule has 0 spiro atoms. The molecule has 0 saturated heterocycles. The largest absolute Gasteiger partial charge is 0.496 e. The summed E-state index contributed by atoms with van der Waals surface area (Å²) < 4.78 is 9.70. The molecule has 0 fully saturated rings. The summed E-state index contributed by atoms with van der Waals surface area (Å²) >= 11 is 0. The minimum absolute atomic E-state index is 0.434. The van der Waals surface area contributed by atoms with Gasteiger partial charge in [0.2, 0.25) is 0 Å². The Morgan fingerprint density at radius 2 is 2.18 bits per heavy atom. The van der Waals surface area contributed by atoms with Gasteiger partial charge in [-0.3, -0.25) is 0 Å². The number of carbonyl (C=O) groups is 1. The molecule has 0 radical (unpaired) electrons. The van der Waals surface area contributed by atoms with Crippen molar-refractivity contribution in [2.75, 3.05) is 14.2 Å². The molecule has 2 aromatic rings. The molecule has 5 nitrogen and oxygen atoms in total. The van der Waals surface area contributed by atoms with Gasteiger partial charge in [0.25, 0.3) is 0 Å². The van der Waals surface area contributed by atoms with E-state index in [2.05, 4.69) is 9.72 Å². The van der Waals surface area contributed by atoms with Crippen LogP contribution in [0.5, 0.6) is 5.75 Å². The van der Waals surface area contributed by atoms with Gasteiger partial charge in [0.05, 0.1) is 14.2 Å². The summed E-state index contributed by atoms with van der Waals surface area (Å²) in [5.74, 6) is -0.0975. The van der Waals surface area contributed by atoms with E-state index in [1.807, 2.05) is 6.07 Å². The Morgan fingerprint density at radius 1 is 1.41 bits per heavy atom. The average molecular weight is 235 g/mol. The highest BCUT2D eigenvalue weighted by Crippen LogP contribution is 2.29. The maximum Gasteiger partial charge on any atom is 0.339 e. The number of hydrogen-bond donors (Lipinski definition) is 2. The van der Waals surface area contributed by atoms with Crippen molar-refractivity contribution in [3.63, 3.8) is 0 Å². The topological polar surface area (TPSA) is 71.6 Å². The highest BCUT2D eigenvalue weighted by molar-refractivity contribution is 5.88. The maximum absolute atomic E-state index is 11.3. The average Bonchev–Trinajstić information content (AvgIpc) is 2.83. The zero-order valence-electron chi connectivity index (χ0n) is 9.56. The molecule has 0 bridgehead atoms. The van der Waals surface area contributed by atoms with Crippen molar-refractivity contribution in [3.8, 4) is 5.75 Å². The minimum Gasteiger partial charge on any atom is -0.496 e. The first-order chi connectivity index (χ1) is 8.17. The molecule has 1 aromatic carbocycles. The Bertz CT molecular complexity index is 546. The molecule has 1 unspecified atom stereocenters. The summed E-state index contributed by atoms with van der Waals surface area (Å²) in [6.45, 7) is 0. The van der Waals surface area contributed by atoms with Gasteiger partial charge in [0, 0.05) is 17.1 Å². The summed E-state index contributed by atoms with van der Waals surface area (Å²) in [6.07, 6.45) is 0.461. The predicted octanol–water partition coefficient (Wildman–Crippen LogP) is 1.38. The highest BCUT2D eigenvalue weighted by Gasteiger charge is 2.19. The number of H-pyrrole nitrogens is 1. The van der Waals surface area contributed by atoms with E-state index >= 15 is 0 Å². The van der Waals surface area contributed by atoms with Crippen molar-refractivity contribution >= 4 is 16.9 Å². The number of nitrogens with one attached hydrogen (secondary N) is 1. The van der Waals surface area contributed by atoms with Crippen molar-refractivity contribution in [1.29, 1.82) is 0 Å². The van der Waals surface area contributed by atoms with Crippen LogP contribution in [-0.2, 0) is 9.53 Å². The lowest BCUT2D eigenvalue weighted by atomic mass is 10.1. The van der Waals surface area contributed by atoms with Crippen LogP contribution in [0.2, 0.25) is 0 Å². The number of aromatic nitrogens is 1. The Kier molecular flexibility index (Phi) is 3.01. The second-order valence-corrected chi connectivity index (χ2v) is 3.59. The van der Waals surface area contributed by atoms with Crippen molar-refractivity contribution < 1.29 is 19.4 Å². The van der Waals surface area contributed by atoms with Crippen LogP contribution in [0, 0.1) is 0 Å². The van der Waals surface area contributed by atoms with Crippen molar-refractivity contribution in [2.45, 2.75) is 6.10 Å². The first-order valence-electron chi connectivity index (χ1n) is 5.08. The van der Waals surface area contributed by atoms with Crippen LogP contribution < -0.4 is 4.74 Å². The van der Waals surface area contributed by atoms with Gasteiger partial charge < -0.3 is 19.6 Å². The zero-order chi connectivity index (χ0) is 12.4. The van der Waals surface area contributed by atoms with Crippen LogP contribution in [0.1, 0.15) is 11.7 Å². The molecule has 1 aromatic heterocycles. The van der Waals surface area contributed by atoms with Crippen molar-refractivity contribution in [3.05, 3.63) is 30.0 Å². The van der Waals surface area contributed by atoms with E-state index < -0.39 is 12.1 Å². The van der Waals surface area contributed by atoms with E-state index in [1.54, 1.807) is 18.3 Å². The number of rotatable bonds is 3. The number of carbonyl (C=O) groups excluding carboxylic acids is 1. The Morgan fingerprint density at radius 3 is 2.82 bits per heavy atom. The molecule has 0 amide bonds. The van der Waals surface area contributed by atoms with E-state index in [4.69, 9.17) is 4.74 Å². The molecular formula is C12H13NO4. The Labute approximate surface area is 98.0 Å². The number of aliphatic hydroxyl groups is 1. The number of fused-ring (bicyclic) bond motifs is 1. The van der Waals surface area contributed by atoms with Gasteiger partial charge in [-0.05, 0) is 23.8 Å². The number of aliphatic hydroxyl groups excluding tert-OH is 1. The monoisotopic (exact) mass is 235 g/mol. The number of aromatic amines is 1. The van der Waals surface area contributed by atoms with E-state index in [1.165, 1.54) is 14.2 Å². The molecule has 2 N–H and O–H groups in total. The summed E-state index contributed by atoms with van der Waals surface area (Å²) in [7, 11) is 2.77. The van der Waals surface area contributed by atoms with Gasteiger partial charge in [0.1, 0.15) is 5.75 Å². The van der Waals surface area contributed by atoms with Gasteiger partial charge in [-0.15, -0.1) is 0 Å². The van der Waals surface area contributed by atoms with Gasteiger partial charge in [0.15, 0.2) is 6.10 Å². The molecule has 0 saturated carbocycles. The van der Waals surface area contributed by atoms with Crippen LogP contribution in [0.25, 0.3) is 10.9 Å². The fourth-order valence-corrected chi connectivity index (χ4v) is 1.73. The maximum atomic E-state index is 11.3. The van der Waals surface area contributed by atoms with Crippen molar-refractivity contribution in [1.82, 2.24) is 4.98 Å². The van der Waals surface area contributed by atoms with Gasteiger partial charge in [-0.2, -0.15) is 0 Å². The number of benzene rings is 1. The van der Waals surface area contributed by atoms with Crippen LogP contribution in [0.3, 0.4) is 0 Å². The molecule has 0 aliphatic carbocycles. The third-order valence-electron chi connectivity index (χ3n) is 2.61. The quantitative estimate of drug-likeness (QED) is 0.788. The van der Waals surface area contributed by atoms with Crippen LogP contribution in [0.15, 0.2) is 24.4 Å². The SMILES string of the molecule is COC(=O)C(O)c1cc(OC)c2cc[nH]c2c1. The third-order valence-corrected chi connectivity index (χ3v) is 2.61. The summed E-state index contributed by atoms with van der Waals surface area (Å²) in [5.41, 5.74) is 1.23. The number of ether oxygens (including phenoxy) is 2. The molecule has 17 heavy (non-hydrogen) atoms. The van der Waals surface area contributed by atoms with E-state index in [-0.39, 0.29) is 0 Å². The Balaban J connectivity index is 2.51. The third kappa shape index (κ3) is 1.97. The number of methoxy groups -OCH3 is 2. The summed E-state index contributed by atoms with van der Waals surface area (Å²) in [5, 5.41) is 10.7. The highest BCUT2D eigenvalue weighted by atomic mass is 16.5. The molecule has 90 valence electrons. The lowest BCUT2D eigenvalue weighted by Gasteiger charge is -2.11. The molecular weight excluding hydrogens is 222 g/mol. The lowest BCUT2D eigenvalue weighted by Crippen LogP contribution is -2.13. The van der Waals surface area contributed by atoms with Crippen LogP contribution in [-0.4, -0.2) is 30.3 Å². The second kappa shape index (κ2) is 4.47. The minimum atomic E-state index is -1.30. The molecule has 5 heteroatoms.